The average molecular weight is 335 g/mol. The molecule has 1 N–H and O–H groups in total. The second kappa shape index (κ2) is 6.74. The van der Waals surface area contributed by atoms with Crippen LogP contribution in [0.3, 0.4) is 0 Å². The van der Waals surface area contributed by atoms with E-state index in [1.807, 2.05) is 0 Å². The summed E-state index contributed by atoms with van der Waals surface area (Å²) in [6, 6.07) is 4.14. The zero-order chi connectivity index (χ0) is 17.2. The average Bonchev–Trinajstić information content (AvgIpc) is 2.53. The van der Waals surface area contributed by atoms with Crippen LogP contribution in [0.4, 0.5) is 17.6 Å². The Bertz CT molecular complexity index is 568. The van der Waals surface area contributed by atoms with Crippen LogP contribution in [0, 0.1) is 11.7 Å². The van der Waals surface area contributed by atoms with Gasteiger partial charge in [0.2, 0.25) is 0 Å². The number of amides is 1. The van der Waals surface area contributed by atoms with Gasteiger partial charge in [-0.2, -0.15) is 13.2 Å². The molecule has 1 aliphatic heterocycles. The lowest BCUT2D eigenvalue weighted by Gasteiger charge is -2.34. The molecule has 0 aliphatic carbocycles. The monoisotopic (exact) mass is 335 g/mol. The number of likely N-dealkylation sites (tertiary alicyclic amines) is 1. The van der Waals surface area contributed by atoms with Crippen molar-refractivity contribution in [2.75, 3.05) is 20.2 Å². The lowest BCUT2D eigenvalue weighted by atomic mass is 9.90. The van der Waals surface area contributed by atoms with E-state index in [0.717, 1.165) is 0 Å². The summed E-state index contributed by atoms with van der Waals surface area (Å²) in [7, 11) is 1.27. The van der Waals surface area contributed by atoms with Crippen LogP contribution in [0.15, 0.2) is 18.2 Å². The molecule has 0 radical (unpaired) electrons. The number of halogens is 4. The second-order valence-electron chi connectivity index (χ2n) is 5.44. The first-order valence-corrected chi connectivity index (χ1v) is 7.12. The molecule has 23 heavy (non-hydrogen) atoms. The van der Waals surface area contributed by atoms with E-state index in [-0.39, 0.29) is 37.2 Å². The largest absolute Gasteiger partial charge is 0.494 e. The van der Waals surface area contributed by atoms with Crippen molar-refractivity contribution in [3.05, 3.63) is 29.6 Å². The van der Waals surface area contributed by atoms with Crippen molar-refractivity contribution in [2.24, 2.45) is 5.92 Å². The Kier molecular flexibility index (Phi) is 5.13. The van der Waals surface area contributed by atoms with E-state index in [9.17, 15) is 27.5 Å². The van der Waals surface area contributed by atoms with E-state index >= 15 is 0 Å². The lowest BCUT2D eigenvalue weighted by Crippen LogP contribution is -2.45. The maximum absolute atomic E-state index is 14.1. The number of benzene rings is 1. The molecule has 1 heterocycles. The third-order valence-corrected chi connectivity index (χ3v) is 4.02. The molecule has 1 saturated heterocycles. The SMILES string of the molecule is COc1cccc(C(=O)N2CCC(C(O)C(F)(F)F)CC2)c1F. The standard InChI is InChI=1S/C15H17F4NO3/c1-23-11-4-2-3-10(12(11)16)14(22)20-7-5-9(6-8-20)13(21)15(17,18)19/h2-4,9,13,21H,5-8H2,1H3. The van der Waals surface area contributed by atoms with Gasteiger partial charge in [-0.05, 0) is 30.9 Å². The van der Waals surface area contributed by atoms with Crippen molar-refractivity contribution in [1.82, 2.24) is 4.90 Å². The maximum Gasteiger partial charge on any atom is 0.414 e. The zero-order valence-electron chi connectivity index (χ0n) is 12.4. The van der Waals surface area contributed by atoms with E-state index in [4.69, 9.17) is 4.74 Å². The number of piperidine rings is 1. The number of aliphatic hydroxyl groups excluding tert-OH is 1. The van der Waals surface area contributed by atoms with Crippen LogP contribution in [-0.4, -0.2) is 48.4 Å². The highest BCUT2D eigenvalue weighted by Gasteiger charge is 2.44. The molecule has 0 saturated carbocycles. The minimum absolute atomic E-state index is 0.0119. The topological polar surface area (TPSA) is 49.8 Å². The summed E-state index contributed by atoms with van der Waals surface area (Å²) in [5.74, 6) is -2.41. The van der Waals surface area contributed by atoms with Gasteiger partial charge in [0.1, 0.15) is 0 Å². The molecule has 1 unspecified atom stereocenters. The van der Waals surface area contributed by atoms with Crippen molar-refractivity contribution < 1.29 is 32.2 Å². The Morgan fingerprint density at radius 1 is 1.35 bits per heavy atom. The third kappa shape index (κ3) is 3.74. The minimum atomic E-state index is -4.67. The van der Waals surface area contributed by atoms with E-state index < -0.39 is 29.9 Å². The molecule has 1 aliphatic rings. The Morgan fingerprint density at radius 2 is 1.96 bits per heavy atom. The van der Waals surface area contributed by atoms with E-state index in [1.54, 1.807) is 0 Å². The molecular formula is C15H17F4NO3. The molecule has 0 bridgehead atoms. The number of rotatable bonds is 3. The summed E-state index contributed by atoms with van der Waals surface area (Å²) in [6.07, 6.45) is -7.04. The molecule has 1 atom stereocenters. The molecule has 0 aromatic heterocycles. The number of hydrogen-bond donors (Lipinski definition) is 1. The van der Waals surface area contributed by atoms with Crippen LogP contribution in [-0.2, 0) is 0 Å². The number of hydrogen-bond acceptors (Lipinski definition) is 3. The van der Waals surface area contributed by atoms with E-state index in [0.29, 0.717) is 0 Å². The predicted octanol–water partition coefficient (Wildman–Crippen LogP) is 2.61. The summed E-state index contributed by atoms with van der Waals surface area (Å²) in [4.78, 5) is 13.6. The molecule has 4 nitrogen and oxygen atoms in total. The van der Waals surface area contributed by atoms with Crippen molar-refractivity contribution >= 4 is 5.91 Å². The molecule has 2 rings (SSSR count). The number of carbonyl (C=O) groups is 1. The lowest BCUT2D eigenvalue weighted by molar-refractivity contribution is -0.222. The smallest absolute Gasteiger partial charge is 0.414 e. The molecule has 1 fully saturated rings. The summed E-state index contributed by atoms with van der Waals surface area (Å²) in [5, 5.41) is 9.26. The summed E-state index contributed by atoms with van der Waals surface area (Å²) in [5.41, 5.74) is -0.181. The fourth-order valence-electron chi connectivity index (χ4n) is 2.69. The van der Waals surface area contributed by atoms with E-state index in [1.165, 1.54) is 30.2 Å². The fourth-order valence-corrected chi connectivity index (χ4v) is 2.69. The van der Waals surface area contributed by atoms with Gasteiger partial charge in [0.15, 0.2) is 17.7 Å². The molecule has 0 spiro atoms. The van der Waals surface area contributed by atoms with Gasteiger partial charge in [-0.3, -0.25) is 4.79 Å². The van der Waals surface area contributed by atoms with Crippen molar-refractivity contribution in [3.8, 4) is 5.75 Å². The molecule has 1 aromatic carbocycles. The van der Waals surface area contributed by atoms with Crippen LogP contribution in [0.25, 0.3) is 0 Å². The Labute approximate surface area is 130 Å². The van der Waals surface area contributed by atoms with Crippen molar-refractivity contribution in [1.29, 1.82) is 0 Å². The molecule has 8 heteroatoms. The molecule has 1 aromatic rings. The highest BCUT2D eigenvalue weighted by Crippen LogP contribution is 2.32. The minimum Gasteiger partial charge on any atom is -0.494 e. The number of ether oxygens (including phenoxy) is 1. The Morgan fingerprint density at radius 3 is 2.48 bits per heavy atom. The first-order valence-electron chi connectivity index (χ1n) is 7.12. The zero-order valence-corrected chi connectivity index (χ0v) is 12.4. The normalized spacial score (nSPS) is 17.9. The van der Waals surface area contributed by atoms with Gasteiger partial charge in [0.05, 0.1) is 12.7 Å². The van der Waals surface area contributed by atoms with Crippen LogP contribution in [0.2, 0.25) is 0 Å². The third-order valence-electron chi connectivity index (χ3n) is 4.02. The van der Waals surface area contributed by atoms with Gasteiger partial charge in [-0.15, -0.1) is 0 Å². The van der Waals surface area contributed by atoms with Crippen LogP contribution >= 0.6 is 0 Å². The number of aliphatic hydroxyl groups is 1. The van der Waals surface area contributed by atoms with Crippen LogP contribution < -0.4 is 4.74 Å². The van der Waals surface area contributed by atoms with Crippen molar-refractivity contribution in [3.63, 3.8) is 0 Å². The van der Waals surface area contributed by atoms with Gasteiger partial charge in [0.25, 0.3) is 5.91 Å². The summed E-state index contributed by atoms with van der Waals surface area (Å²) < 4.78 is 56.4. The molecule has 128 valence electrons. The number of nitrogens with zero attached hydrogens (tertiary/aromatic N) is 1. The first-order chi connectivity index (χ1) is 10.8. The fraction of sp³-hybridized carbons (Fsp3) is 0.533. The Hall–Kier alpha value is -1.83. The second-order valence-corrected chi connectivity index (χ2v) is 5.44. The van der Waals surface area contributed by atoms with Gasteiger partial charge in [-0.1, -0.05) is 6.07 Å². The van der Waals surface area contributed by atoms with Gasteiger partial charge >= 0.3 is 6.18 Å². The molecule has 1 amide bonds. The highest BCUT2D eigenvalue weighted by molar-refractivity contribution is 5.95. The van der Waals surface area contributed by atoms with Crippen LogP contribution in [0.5, 0.6) is 5.75 Å². The number of carbonyl (C=O) groups excluding carboxylic acids is 1. The Balaban J connectivity index is 2.05. The first kappa shape index (κ1) is 17.5. The summed E-state index contributed by atoms with van der Waals surface area (Å²) >= 11 is 0. The number of methoxy groups -OCH3 is 1. The summed E-state index contributed by atoms with van der Waals surface area (Å²) in [6.45, 7) is 0.0700. The predicted molar refractivity (Wildman–Crippen MR) is 73.6 cm³/mol. The van der Waals surface area contributed by atoms with Crippen LogP contribution in [0.1, 0.15) is 23.2 Å². The van der Waals surface area contributed by atoms with Gasteiger partial charge in [-0.25, -0.2) is 4.39 Å². The van der Waals surface area contributed by atoms with E-state index in [2.05, 4.69) is 0 Å². The van der Waals surface area contributed by atoms with Gasteiger partial charge in [0, 0.05) is 13.1 Å². The van der Waals surface area contributed by atoms with Crippen molar-refractivity contribution in [2.45, 2.75) is 25.1 Å². The quantitative estimate of drug-likeness (QED) is 0.864. The number of alkyl halides is 3. The van der Waals surface area contributed by atoms with Gasteiger partial charge < -0.3 is 14.7 Å². The molecular weight excluding hydrogens is 318 g/mol. The highest BCUT2D eigenvalue weighted by atomic mass is 19.4. The maximum atomic E-state index is 14.1.